The number of carboxylic acid groups (broad SMARTS) is 1. The van der Waals surface area contributed by atoms with Gasteiger partial charge in [-0.25, -0.2) is 4.79 Å². The molecule has 0 aliphatic heterocycles. The summed E-state index contributed by atoms with van der Waals surface area (Å²) in [5, 5.41) is 11.5. The van der Waals surface area contributed by atoms with Crippen molar-refractivity contribution >= 4 is 11.9 Å². The van der Waals surface area contributed by atoms with Crippen LogP contribution < -0.4 is 11.1 Å². The molecule has 0 saturated carbocycles. The van der Waals surface area contributed by atoms with Crippen LogP contribution in [0, 0.1) is 5.92 Å². The van der Waals surface area contributed by atoms with Gasteiger partial charge in [0.05, 0.1) is 0 Å². The Hall–Kier alpha value is -1.10. The molecule has 0 aromatic heterocycles. The van der Waals surface area contributed by atoms with Crippen molar-refractivity contribution in [1.29, 1.82) is 0 Å². The van der Waals surface area contributed by atoms with Gasteiger partial charge in [0.15, 0.2) is 0 Å². The molecule has 1 amide bonds. The maximum Gasteiger partial charge on any atom is 0.326 e. The first-order valence-electron chi connectivity index (χ1n) is 6.19. The van der Waals surface area contributed by atoms with E-state index in [4.69, 9.17) is 10.8 Å². The monoisotopic (exact) mass is 244 g/mol. The summed E-state index contributed by atoms with van der Waals surface area (Å²) in [5.74, 6) is -0.708. The number of hydrogen-bond acceptors (Lipinski definition) is 3. The minimum atomic E-state index is -0.972. The van der Waals surface area contributed by atoms with Gasteiger partial charge in [0.25, 0.3) is 0 Å². The Morgan fingerprint density at radius 2 is 1.88 bits per heavy atom. The third-order valence-corrected chi connectivity index (χ3v) is 2.53. The van der Waals surface area contributed by atoms with Gasteiger partial charge in [0.1, 0.15) is 6.04 Å². The fourth-order valence-corrected chi connectivity index (χ4v) is 1.44. The molecule has 0 aliphatic rings. The van der Waals surface area contributed by atoms with E-state index < -0.39 is 12.0 Å². The number of aliphatic carboxylic acids is 1. The molecule has 17 heavy (non-hydrogen) atoms. The summed E-state index contributed by atoms with van der Waals surface area (Å²) in [6.07, 6.45) is 3.11. The molecular weight excluding hydrogens is 220 g/mol. The number of nitrogens with two attached hydrogens (primary N) is 1. The summed E-state index contributed by atoms with van der Waals surface area (Å²) in [7, 11) is 0. The standard InChI is InChI=1S/C12H24N2O3/c1-9(2)6-7-11(15)14-10(12(16)17)5-3-4-8-13/h9-10H,3-8,13H2,1-2H3,(H,14,15)(H,16,17)/t10-/m0/s1. The molecule has 0 aliphatic carbocycles. The van der Waals surface area contributed by atoms with Gasteiger partial charge in [-0.3, -0.25) is 4.79 Å². The topological polar surface area (TPSA) is 92.4 Å². The number of carbonyl (C=O) groups is 2. The minimum absolute atomic E-state index is 0.182. The van der Waals surface area contributed by atoms with Crippen LogP contribution in [0.3, 0.4) is 0 Å². The van der Waals surface area contributed by atoms with E-state index in [2.05, 4.69) is 5.32 Å². The molecule has 0 aromatic carbocycles. The molecule has 5 heteroatoms. The number of amides is 1. The molecule has 4 N–H and O–H groups in total. The lowest BCUT2D eigenvalue weighted by Gasteiger charge is -2.14. The smallest absolute Gasteiger partial charge is 0.326 e. The van der Waals surface area contributed by atoms with Gasteiger partial charge < -0.3 is 16.2 Å². The Kier molecular flexibility index (Phi) is 8.40. The van der Waals surface area contributed by atoms with Gasteiger partial charge >= 0.3 is 5.97 Å². The SMILES string of the molecule is CC(C)CCC(=O)N[C@@H](CCCCN)C(=O)O. The fraction of sp³-hybridized carbons (Fsp3) is 0.833. The van der Waals surface area contributed by atoms with E-state index in [1.165, 1.54) is 0 Å². The first-order chi connectivity index (χ1) is 7.97. The predicted octanol–water partition coefficient (Wildman–Crippen LogP) is 1.12. The van der Waals surface area contributed by atoms with Gasteiger partial charge in [-0.2, -0.15) is 0 Å². The third kappa shape index (κ3) is 8.68. The lowest BCUT2D eigenvalue weighted by atomic mass is 10.1. The first-order valence-corrected chi connectivity index (χ1v) is 6.19. The van der Waals surface area contributed by atoms with Crippen LogP contribution in [-0.2, 0) is 9.59 Å². The quantitative estimate of drug-likeness (QED) is 0.530. The lowest BCUT2D eigenvalue weighted by molar-refractivity contribution is -0.142. The van der Waals surface area contributed by atoms with Crippen molar-refractivity contribution in [1.82, 2.24) is 5.32 Å². The number of nitrogens with one attached hydrogen (secondary N) is 1. The van der Waals surface area contributed by atoms with Crippen molar-refractivity contribution in [2.45, 2.75) is 52.0 Å². The zero-order valence-corrected chi connectivity index (χ0v) is 10.7. The Morgan fingerprint density at radius 1 is 1.24 bits per heavy atom. The van der Waals surface area contributed by atoms with E-state index in [0.717, 1.165) is 19.3 Å². The zero-order valence-electron chi connectivity index (χ0n) is 10.7. The average molecular weight is 244 g/mol. The van der Waals surface area contributed by atoms with Crippen LogP contribution in [0.15, 0.2) is 0 Å². The van der Waals surface area contributed by atoms with Gasteiger partial charge in [0.2, 0.25) is 5.91 Å². The van der Waals surface area contributed by atoms with Crippen molar-refractivity contribution in [3.8, 4) is 0 Å². The van der Waals surface area contributed by atoms with Crippen LogP contribution in [0.4, 0.5) is 0 Å². The summed E-state index contributed by atoms with van der Waals surface area (Å²) in [4.78, 5) is 22.4. The summed E-state index contributed by atoms with van der Waals surface area (Å²) in [5.41, 5.74) is 5.34. The maximum absolute atomic E-state index is 11.5. The molecule has 100 valence electrons. The highest BCUT2D eigenvalue weighted by molar-refractivity contribution is 5.83. The van der Waals surface area contributed by atoms with Crippen molar-refractivity contribution < 1.29 is 14.7 Å². The number of carboxylic acids is 1. The van der Waals surface area contributed by atoms with Crippen LogP contribution in [0.25, 0.3) is 0 Å². The highest BCUT2D eigenvalue weighted by Gasteiger charge is 2.18. The van der Waals surface area contributed by atoms with E-state index in [0.29, 0.717) is 25.3 Å². The first kappa shape index (κ1) is 15.9. The third-order valence-electron chi connectivity index (χ3n) is 2.53. The Bertz CT molecular complexity index is 242. The van der Waals surface area contributed by atoms with Crippen molar-refractivity contribution in [3.63, 3.8) is 0 Å². The van der Waals surface area contributed by atoms with Crippen LogP contribution in [0.2, 0.25) is 0 Å². The maximum atomic E-state index is 11.5. The minimum Gasteiger partial charge on any atom is -0.480 e. The summed E-state index contributed by atoms with van der Waals surface area (Å²) in [6, 6.07) is -0.777. The molecule has 1 atom stereocenters. The normalized spacial score (nSPS) is 12.5. The second kappa shape index (κ2) is 8.98. The molecule has 0 fully saturated rings. The molecule has 0 unspecified atom stereocenters. The second-order valence-electron chi connectivity index (χ2n) is 4.68. The van der Waals surface area contributed by atoms with E-state index in [-0.39, 0.29) is 5.91 Å². The zero-order chi connectivity index (χ0) is 13.3. The van der Waals surface area contributed by atoms with E-state index in [9.17, 15) is 9.59 Å². The Labute approximate surface area is 103 Å². The molecule has 0 bridgehead atoms. The summed E-state index contributed by atoms with van der Waals surface area (Å²) >= 11 is 0. The number of unbranched alkanes of at least 4 members (excludes halogenated alkanes) is 1. The highest BCUT2D eigenvalue weighted by Crippen LogP contribution is 2.05. The molecule has 0 spiro atoms. The molecule has 0 radical (unpaired) electrons. The van der Waals surface area contributed by atoms with Gasteiger partial charge in [0, 0.05) is 6.42 Å². The predicted molar refractivity (Wildman–Crippen MR) is 66.5 cm³/mol. The van der Waals surface area contributed by atoms with Gasteiger partial charge in [-0.1, -0.05) is 13.8 Å². The van der Waals surface area contributed by atoms with E-state index in [1.54, 1.807) is 0 Å². The molecule has 0 heterocycles. The number of hydrogen-bond donors (Lipinski definition) is 3. The molecule has 0 aromatic rings. The number of rotatable bonds is 9. The summed E-state index contributed by atoms with van der Waals surface area (Å²) in [6.45, 7) is 4.61. The van der Waals surface area contributed by atoms with E-state index >= 15 is 0 Å². The largest absolute Gasteiger partial charge is 0.480 e. The van der Waals surface area contributed by atoms with Crippen molar-refractivity contribution in [3.05, 3.63) is 0 Å². The van der Waals surface area contributed by atoms with Gasteiger partial charge in [-0.05, 0) is 38.1 Å². The van der Waals surface area contributed by atoms with Crippen LogP contribution in [0.5, 0.6) is 0 Å². The Morgan fingerprint density at radius 3 is 2.35 bits per heavy atom. The number of carbonyl (C=O) groups excluding carboxylic acids is 1. The van der Waals surface area contributed by atoms with Crippen molar-refractivity contribution in [2.24, 2.45) is 11.7 Å². The van der Waals surface area contributed by atoms with Crippen LogP contribution in [0.1, 0.15) is 46.0 Å². The van der Waals surface area contributed by atoms with E-state index in [1.807, 2.05) is 13.8 Å². The lowest BCUT2D eigenvalue weighted by Crippen LogP contribution is -2.40. The van der Waals surface area contributed by atoms with Gasteiger partial charge in [-0.15, -0.1) is 0 Å². The highest BCUT2D eigenvalue weighted by atomic mass is 16.4. The molecular formula is C12H24N2O3. The summed E-state index contributed by atoms with van der Waals surface area (Å²) < 4.78 is 0. The van der Waals surface area contributed by atoms with Crippen molar-refractivity contribution in [2.75, 3.05) is 6.54 Å². The van der Waals surface area contributed by atoms with Crippen LogP contribution >= 0.6 is 0 Å². The fourth-order valence-electron chi connectivity index (χ4n) is 1.44. The van der Waals surface area contributed by atoms with Crippen LogP contribution in [-0.4, -0.2) is 29.6 Å². The molecule has 0 saturated heterocycles. The Balaban J connectivity index is 3.98. The molecule has 5 nitrogen and oxygen atoms in total. The molecule has 0 rings (SSSR count). The second-order valence-corrected chi connectivity index (χ2v) is 4.68. The average Bonchev–Trinajstić information content (AvgIpc) is 2.25.